The molecule has 3 rings (SSSR count). The Morgan fingerprint density at radius 2 is 1.78 bits per heavy atom. The number of rotatable bonds is 3. The number of aliphatic hydroxyl groups excluding tert-OH is 1. The van der Waals surface area contributed by atoms with Crippen molar-refractivity contribution in [1.29, 1.82) is 0 Å². The third kappa shape index (κ3) is 1.65. The molecule has 18 heavy (non-hydrogen) atoms. The highest BCUT2D eigenvalue weighted by atomic mass is 16.3. The zero-order chi connectivity index (χ0) is 12.6. The Labute approximate surface area is 110 Å². The Morgan fingerprint density at radius 1 is 1.11 bits per heavy atom. The SMILES string of the molecule is C=C1[C@@H](C2CCCCC2)[C@]1(CO)c1ccccc1. The van der Waals surface area contributed by atoms with Gasteiger partial charge in [-0.2, -0.15) is 0 Å². The van der Waals surface area contributed by atoms with Gasteiger partial charge in [0.2, 0.25) is 0 Å². The van der Waals surface area contributed by atoms with Gasteiger partial charge in [-0.25, -0.2) is 0 Å². The molecule has 0 heterocycles. The lowest BCUT2D eigenvalue weighted by atomic mass is 9.81. The van der Waals surface area contributed by atoms with Crippen LogP contribution < -0.4 is 0 Å². The Hall–Kier alpha value is -1.08. The van der Waals surface area contributed by atoms with Crippen LogP contribution in [0.1, 0.15) is 37.7 Å². The van der Waals surface area contributed by atoms with Crippen LogP contribution in [0.3, 0.4) is 0 Å². The van der Waals surface area contributed by atoms with Crippen molar-refractivity contribution >= 4 is 0 Å². The first-order valence-corrected chi connectivity index (χ1v) is 7.16. The van der Waals surface area contributed by atoms with Crippen molar-refractivity contribution in [3.63, 3.8) is 0 Å². The fourth-order valence-corrected chi connectivity index (χ4v) is 4.02. The number of hydrogen-bond acceptors (Lipinski definition) is 1. The third-order valence-corrected chi connectivity index (χ3v) is 5.06. The van der Waals surface area contributed by atoms with Gasteiger partial charge in [-0.05, 0) is 30.2 Å². The van der Waals surface area contributed by atoms with Crippen LogP contribution in [-0.2, 0) is 5.41 Å². The van der Waals surface area contributed by atoms with E-state index >= 15 is 0 Å². The molecule has 2 fully saturated rings. The van der Waals surface area contributed by atoms with E-state index in [0.717, 1.165) is 5.92 Å². The van der Waals surface area contributed by atoms with Gasteiger partial charge in [0.05, 0.1) is 6.61 Å². The van der Waals surface area contributed by atoms with Gasteiger partial charge < -0.3 is 5.11 Å². The minimum atomic E-state index is -0.122. The maximum Gasteiger partial charge on any atom is 0.0571 e. The summed E-state index contributed by atoms with van der Waals surface area (Å²) in [7, 11) is 0. The lowest BCUT2D eigenvalue weighted by molar-refractivity contribution is 0.219. The molecule has 2 atom stereocenters. The number of hydrogen-bond donors (Lipinski definition) is 1. The summed E-state index contributed by atoms with van der Waals surface area (Å²) in [6.45, 7) is 4.48. The monoisotopic (exact) mass is 242 g/mol. The predicted octanol–water partition coefficient (Wildman–Crippen LogP) is 3.68. The summed E-state index contributed by atoms with van der Waals surface area (Å²) in [6.07, 6.45) is 6.72. The van der Waals surface area contributed by atoms with Gasteiger partial charge in [0.1, 0.15) is 0 Å². The second-order valence-electron chi connectivity index (χ2n) is 5.90. The summed E-state index contributed by atoms with van der Waals surface area (Å²) in [6, 6.07) is 10.5. The second kappa shape index (κ2) is 4.55. The van der Waals surface area contributed by atoms with Crippen LogP contribution in [0, 0.1) is 11.8 Å². The van der Waals surface area contributed by atoms with Crippen LogP contribution in [0.4, 0.5) is 0 Å². The van der Waals surface area contributed by atoms with Crippen molar-refractivity contribution < 1.29 is 5.11 Å². The number of aliphatic hydroxyl groups is 1. The molecule has 2 aliphatic rings. The molecule has 1 heteroatoms. The van der Waals surface area contributed by atoms with Gasteiger partial charge >= 0.3 is 0 Å². The van der Waals surface area contributed by atoms with E-state index in [0.29, 0.717) is 5.92 Å². The summed E-state index contributed by atoms with van der Waals surface area (Å²) >= 11 is 0. The van der Waals surface area contributed by atoms with Crippen molar-refractivity contribution in [2.75, 3.05) is 6.61 Å². The molecule has 0 amide bonds. The summed E-state index contributed by atoms with van der Waals surface area (Å²) in [5.41, 5.74) is 2.40. The van der Waals surface area contributed by atoms with Gasteiger partial charge in [-0.1, -0.05) is 61.7 Å². The van der Waals surface area contributed by atoms with E-state index in [-0.39, 0.29) is 12.0 Å². The normalized spacial score (nSPS) is 32.5. The molecule has 0 unspecified atom stereocenters. The maximum absolute atomic E-state index is 9.92. The van der Waals surface area contributed by atoms with Crippen molar-refractivity contribution in [3.8, 4) is 0 Å². The molecular formula is C17H22O. The molecule has 0 radical (unpaired) electrons. The fourth-order valence-electron chi connectivity index (χ4n) is 4.02. The third-order valence-electron chi connectivity index (χ3n) is 5.06. The molecule has 0 spiro atoms. The Kier molecular flexibility index (Phi) is 3.03. The highest BCUT2D eigenvalue weighted by Crippen LogP contribution is 2.63. The Bertz CT molecular complexity index is 430. The van der Waals surface area contributed by atoms with Crippen LogP contribution in [0.25, 0.3) is 0 Å². The minimum absolute atomic E-state index is 0.122. The molecule has 96 valence electrons. The molecule has 0 bridgehead atoms. The summed E-state index contributed by atoms with van der Waals surface area (Å²) in [4.78, 5) is 0. The molecule has 1 aromatic carbocycles. The summed E-state index contributed by atoms with van der Waals surface area (Å²) < 4.78 is 0. The topological polar surface area (TPSA) is 20.2 Å². The van der Waals surface area contributed by atoms with E-state index in [4.69, 9.17) is 0 Å². The smallest absolute Gasteiger partial charge is 0.0571 e. The van der Waals surface area contributed by atoms with Gasteiger partial charge in [-0.3, -0.25) is 0 Å². The lowest BCUT2D eigenvalue weighted by Crippen LogP contribution is -2.21. The van der Waals surface area contributed by atoms with Crippen molar-refractivity contribution in [1.82, 2.24) is 0 Å². The average molecular weight is 242 g/mol. The predicted molar refractivity (Wildman–Crippen MR) is 74.4 cm³/mol. The first kappa shape index (κ1) is 12.0. The Morgan fingerprint density at radius 3 is 2.39 bits per heavy atom. The van der Waals surface area contributed by atoms with Crippen LogP contribution >= 0.6 is 0 Å². The van der Waals surface area contributed by atoms with Crippen LogP contribution in [0.5, 0.6) is 0 Å². The molecule has 1 N–H and O–H groups in total. The molecule has 0 aliphatic heterocycles. The lowest BCUT2D eigenvalue weighted by Gasteiger charge is -2.24. The molecule has 1 aromatic rings. The van der Waals surface area contributed by atoms with Crippen LogP contribution in [-0.4, -0.2) is 11.7 Å². The zero-order valence-corrected chi connectivity index (χ0v) is 10.9. The standard InChI is InChI=1S/C17H22O/c1-13-16(14-8-4-2-5-9-14)17(13,12-18)15-10-6-3-7-11-15/h3,6-7,10-11,14,16,18H,1-2,4-5,8-9,12H2/t16-,17-/m0/s1. The van der Waals surface area contributed by atoms with Crippen LogP contribution in [0.15, 0.2) is 42.5 Å². The summed E-state index contributed by atoms with van der Waals surface area (Å²) in [5.74, 6) is 1.27. The largest absolute Gasteiger partial charge is 0.395 e. The van der Waals surface area contributed by atoms with Gasteiger partial charge in [0.25, 0.3) is 0 Å². The van der Waals surface area contributed by atoms with Crippen molar-refractivity contribution in [2.45, 2.75) is 37.5 Å². The maximum atomic E-state index is 9.92. The Balaban J connectivity index is 1.88. The second-order valence-corrected chi connectivity index (χ2v) is 5.90. The van der Waals surface area contributed by atoms with E-state index in [2.05, 4.69) is 30.8 Å². The average Bonchev–Trinajstić information content (AvgIpc) is 3.07. The highest BCUT2D eigenvalue weighted by Gasteiger charge is 2.61. The zero-order valence-electron chi connectivity index (χ0n) is 10.9. The quantitative estimate of drug-likeness (QED) is 0.802. The van der Waals surface area contributed by atoms with E-state index in [9.17, 15) is 5.11 Å². The van der Waals surface area contributed by atoms with E-state index in [1.807, 2.05) is 6.07 Å². The first-order chi connectivity index (χ1) is 8.80. The highest BCUT2D eigenvalue weighted by molar-refractivity contribution is 5.53. The molecule has 2 saturated carbocycles. The molecule has 0 aromatic heterocycles. The summed E-state index contributed by atoms with van der Waals surface area (Å²) in [5, 5.41) is 9.92. The first-order valence-electron chi connectivity index (χ1n) is 7.16. The molecule has 1 nitrogen and oxygen atoms in total. The van der Waals surface area contributed by atoms with E-state index < -0.39 is 0 Å². The van der Waals surface area contributed by atoms with Crippen LogP contribution in [0.2, 0.25) is 0 Å². The van der Waals surface area contributed by atoms with E-state index in [1.165, 1.54) is 43.2 Å². The van der Waals surface area contributed by atoms with Gasteiger partial charge in [0.15, 0.2) is 0 Å². The number of benzene rings is 1. The van der Waals surface area contributed by atoms with E-state index in [1.54, 1.807) is 0 Å². The van der Waals surface area contributed by atoms with Crippen molar-refractivity contribution in [3.05, 3.63) is 48.0 Å². The van der Waals surface area contributed by atoms with Crippen molar-refractivity contribution in [2.24, 2.45) is 11.8 Å². The molecular weight excluding hydrogens is 220 g/mol. The van der Waals surface area contributed by atoms with Gasteiger partial charge in [-0.15, -0.1) is 0 Å². The molecule has 0 saturated heterocycles. The molecule has 2 aliphatic carbocycles. The van der Waals surface area contributed by atoms with Gasteiger partial charge in [0, 0.05) is 5.41 Å². The fraction of sp³-hybridized carbons (Fsp3) is 0.529. The minimum Gasteiger partial charge on any atom is -0.395 e.